The zero-order valence-electron chi connectivity index (χ0n) is 26.0. The molecule has 46 heavy (non-hydrogen) atoms. The molecule has 0 aliphatic carbocycles. The highest BCUT2D eigenvalue weighted by Crippen LogP contribution is 2.44. The normalized spacial score (nSPS) is 11.3. The van der Waals surface area contributed by atoms with Gasteiger partial charge in [-0.2, -0.15) is 0 Å². The highest BCUT2D eigenvalue weighted by Gasteiger charge is 2.17. The second kappa shape index (κ2) is 11.6. The van der Waals surface area contributed by atoms with Crippen molar-refractivity contribution in [3.63, 3.8) is 0 Å². The predicted octanol–water partition coefficient (Wildman–Crippen LogP) is 12.9. The van der Waals surface area contributed by atoms with E-state index in [0.717, 1.165) is 16.8 Å². The molecule has 9 aromatic rings. The summed E-state index contributed by atoms with van der Waals surface area (Å²) in [6.07, 6.45) is 2.05. The zero-order chi connectivity index (χ0) is 31.0. The van der Waals surface area contributed by atoms with Crippen LogP contribution in [0.25, 0.3) is 87.4 Å². The summed E-state index contributed by atoms with van der Waals surface area (Å²) in [5.74, 6) is 0. The Kier molecular flexibility index (Phi) is 7.00. The average molecular weight is 588 g/mol. The first-order chi connectivity index (χ1) is 22.8. The van der Waals surface area contributed by atoms with Crippen molar-refractivity contribution < 1.29 is 0 Å². The van der Waals surface area contributed by atoms with Crippen molar-refractivity contribution in [1.29, 1.82) is 0 Å². The van der Waals surface area contributed by atoms with Crippen LogP contribution in [-0.4, -0.2) is 4.98 Å². The molecule has 0 saturated carbocycles. The minimum absolute atomic E-state index is 0.981. The van der Waals surface area contributed by atoms with Gasteiger partial charge in [-0.3, -0.25) is 4.98 Å². The predicted molar refractivity (Wildman–Crippen MR) is 199 cm³/mol. The van der Waals surface area contributed by atoms with E-state index in [1.807, 2.05) is 13.8 Å². The summed E-state index contributed by atoms with van der Waals surface area (Å²) in [6, 6.07) is 57.0. The van der Waals surface area contributed by atoms with Crippen LogP contribution in [0, 0.1) is 0 Å². The first kappa shape index (κ1) is 27.7. The molecule has 0 aliphatic heterocycles. The fourth-order valence-corrected chi connectivity index (χ4v) is 7.06. The van der Waals surface area contributed by atoms with Crippen LogP contribution >= 0.6 is 0 Å². The highest BCUT2D eigenvalue weighted by molar-refractivity contribution is 6.21. The number of aromatic nitrogens is 1. The molecular weight excluding hydrogens is 555 g/mol. The third-order valence-electron chi connectivity index (χ3n) is 9.07. The maximum Gasteiger partial charge on any atom is 0.0708 e. The molecule has 8 aromatic carbocycles. The Labute approximate surface area is 269 Å². The van der Waals surface area contributed by atoms with E-state index >= 15 is 0 Å². The third-order valence-corrected chi connectivity index (χ3v) is 9.07. The minimum Gasteiger partial charge on any atom is -0.256 e. The molecule has 1 heterocycles. The summed E-state index contributed by atoms with van der Waals surface area (Å²) in [4.78, 5) is 5.10. The molecule has 9 rings (SSSR count). The summed E-state index contributed by atoms with van der Waals surface area (Å²) in [6.45, 7) is 4.00. The number of hydrogen-bond acceptors (Lipinski definition) is 1. The Hall–Kier alpha value is -5.79. The van der Waals surface area contributed by atoms with E-state index in [1.165, 1.54) is 70.6 Å². The molecule has 0 N–H and O–H groups in total. The van der Waals surface area contributed by atoms with Crippen molar-refractivity contribution in [1.82, 2.24) is 4.98 Å². The Morgan fingerprint density at radius 2 is 0.913 bits per heavy atom. The lowest BCUT2D eigenvalue weighted by Gasteiger charge is -2.17. The smallest absolute Gasteiger partial charge is 0.0708 e. The Bertz CT molecular complexity index is 2470. The molecule has 1 aromatic heterocycles. The van der Waals surface area contributed by atoms with Crippen LogP contribution in [0.15, 0.2) is 164 Å². The van der Waals surface area contributed by atoms with Gasteiger partial charge in [0.15, 0.2) is 0 Å². The molecule has 0 unspecified atom stereocenters. The third kappa shape index (κ3) is 4.52. The van der Waals surface area contributed by atoms with Crippen LogP contribution in [0.1, 0.15) is 13.8 Å². The lowest BCUT2D eigenvalue weighted by atomic mass is 9.86. The van der Waals surface area contributed by atoms with Crippen molar-refractivity contribution in [3.05, 3.63) is 164 Å². The van der Waals surface area contributed by atoms with Crippen LogP contribution in [0.2, 0.25) is 0 Å². The van der Waals surface area contributed by atoms with Gasteiger partial charge in [0, 0.05) is 17.3 Å². The molecule has 0 aliphatic rings. The summed E-state index contributed by atoms with van der Waals surface area (Å²) in [5, 5.41) is 12.5. The van der Waals surface area contributed by atoms with Crippen molar-refractivity contribution in [3.8, 4) is 33.5 Å². The quantitative estimate of drug-likeness (QED) is 0.148. The molecular formula is C45H33N. The van der Waals surface area contributed by atoms with E-state index in [2.05, 4.69) is 164 Å². The number of fused-ring (bicyclic) bond motifs is 6. The van der Waals surface area contributed by atoms with Crippen molar-refractivity contribution in [2.24, 2.45) is 0 Å². The Morgan fingerprint density at radius 1 is 0.348 bits per heavy atom. The van der Waals surface area contributed by atoms with Gasteiger partial charge >= 0.3 is 0 Å². The first-order valence-electron chi connectivity index (χ1n) is 16.1. The van der Waals surface area contributed by atoms with Gasteiger partial charge in [-0.15, -0.1) is 0 Å². The van der Waals surface area contributed by atoms with Crippen molar-refractivity contribution in [2.45, 2.75) is 13.8 Å². The van der Waals surface area contributed by atoms with Gasteiger partial charge in [-0.1, -0.05) is 153 Å². The lowest BCUT2D eigenvalue weighted by molar-refractivity contribution is 1.34. The molecule has 0 bridgehead atoms. The van der Waals surface area contributed by atoms with E-state index in [-0.39, 0.29) is 0 Å². The number of hydrogen-bond donors (Lipinski definition) is 0. The van der Waals surface area contributed by atoms with Gasteiger partial charge in [0.1, 0.15) is 0 Å². The minimum atomic E-state index is 0.981. The summed E-state index contributed by atoms with van der Waals surface area (Å²) in [7, 11) is 0. The van der Waals surface area contributed by atoms with E-state index in [0.29, 0.717) is 0 Å². The first-order valence-corrected chi connectivity index (χ1v) is 16.1. The van der Waals surface area contributed by atoms with E-state index in [1.54, 1.807) is 0 Å². The largest absolute Gasteiger partial charge is 0.256 e. The second-order valence-electron chi connectivity index (χ2n) is 11.5. The van der Waals surface area contributed by atoms with Crippen LogP contribution in [-0.2, 0) is 0 Å². The van der Waals surface area contributed by atoms with E-state index < -0.39 is 0 Å². The topological polar surface area (TPSA) is 12.9 Å². The van der Waals surface area contributed by atoms with Crippen LogP contribution < -0.4 is 0 Å². The van der Waals surface area contributed by atoms with Gasteiger partial charge in [-0.25, -0.2) is 0 Å². The van der Waals surface area contributed by atoms with Gasteiger partial charge in [0.2, 0.25) is 0 Å². The lowest BCUT2D eigenvalue weighted by Crippen LogP contribution is -1.92. The van der Waals surface area contributed by atoms with Crippen molar-refractivity contribution >= 4 is 53.9 Å². The molecule has 0 radical (unpaired) electrons. The van der Waals surface area contributed by atoms with Gasteiger partial charge in [-0.05, 0) is 88.8 Å². The molecule has 1 heteroatoms. The van der Waals surface area contributed by atoms with Gasteiger partial charge < -0.3 is 0 Å². The van der Waals surface area contributed by atoms with Crippen LogP contribution in [0.3, 0.4) is 0 Å². The molecule has 0 amide bonds. The molecule has 0 fully saturated rings. The summed E-state index contributed by atoms with van der Waals surface area (Å²) in [5.41, 5.74) is 6.99. The van der Waals surface area contributed by atoms with Gasteiger partial charge in [0.05, 0.1) is 5.69 Å². The SMILES string of the molecule is CC.c1ccc(-c2c3ccccc3c(-c3ccc(-c4cccc5c4ccc4cc6ccccc6cc45)nc3)c3ccccc23)cc1. The van der Waals surface area contributed by atoms with E-state index in [4.69, 9.17) is 4.98 Å². The average Bonchev–Trinajstić information content (AvgIpc) is 3.14. The molecule has 0 saturated heterocycles. The Morgan fingerprint density at radius 3 is 1.54 bits per heavy atom. The maximum atomic E-state index is 5.10. The fraction of sp³-hybridized carbons (Fsp3) is 0.0444. The summed E-state index contributed by atoms with van der Waals surface area (Å²) >= 11 is 0. The molecule has 218 valence electrons. The van der Waals surface area contributed by atoms with Gasteiger partial charge in [0.25, 0.3) is 0 Å². The standard InChI is InChI=1S/C43H27N.C2H6/c1-2-11-28(12-3-1)42-36-15-6-8-17-38(36)43(39-18-9-7-16-37(39)42)32-22-24-41(44-27-32)35-20-10-19-33-34(35)23-21-31-25-29-13-4-5-14-30(29)26-40(31)33;1-2/h1-27H;1-2H3. The maximum absolute atomic E-state index is 5.10. The number of benzene rings is 8. The highest BCUT2D eigenvalue weighted by atomic mass is 14.7. The molecule has 1 nitrogen and oxygen atoms in total. The second-order valence-corrected chi connectivity index (χ2v) is 11.5. The van der Waals surface area contributed by atoms with Crippen molar-refractivity contribution in [2.75, 3.05) is 0 Å². The van der Waals surface area contributed by atoms with E-state index in [9.17, 15) is 0 Å². The van der Waals surface area contributed by atoms with Crippen LogP contribution in [0.4, 0.5) is 0 Å². The molecule has 0 spiro atoms. The fourth-order valence-electron chi connectivity index (χ4n) is 7.06. The van der Waals surface area contributed by atoms with Crippen LogP contribution in [0.5, 0.6) is 0 Å². The monoisotopic (exact) mass is 587 g/mol. The number of rotatable bonds is 3. The molecule has 0 atom stereocenters. The zero-order valence-corrected chi connectivity index (χ0v) is 26.0. The number of pyridine rings is 1. The Balaban J connectivity index is 0.00000153. The number of nitrogens with zero attached hydrogens (tertiary/aromatic N) is 1. The summed E-state index contributed by atoms with van der Waals surface area (Å²) < 4.78 is 0.